The van der Waals surface area contributed by atoms with Crippen molar-refractivity contribution in [3.8, 4) is 44.5 Å². The van der Waals surface area contributed by atoms with Crippen LogP contribution in [-0.2, 0) is 5.41 Å². The minimum Gasteiger partial charge on any atom is -0.456 e. The zero-order valence-electron chi connectivity index (χ0n) is 37.4. The van der Waals surface area contributed by atoms with Gasteiger partial charge in [0.15, 0.2) is 0 Å². The molecule has 0 fully saturated rings. The number of benzene rings is 10. The number of anilines is 3. The second kappa shape index (κ2) is 14.4. The van der Waals surface area contributed by atoms with Crippen LogP contribution < -0.4 is 4.90 Å². The molecule has 11 aromatic rings. The molecule has 2 nitrogen and oxygen atoms in total. The van der Waals surface area contributed by atoms with E-state index in [1.54, 1.807) is 0 Å². The van der Waals surface area contributed by atoms with Crippen LogP contribution in [0.4, 0.5) is 17.1 Å². The van der Waals surface area contributed by atoms with Crippen molar-refractivity contribution in [1.82, 2.24) is 0 Å². The van der Waals surface area contributed by atoms with Gasteiger partial charge in [-0.3, -0.25) is 0 Å². The van der Waals surface area contributed by atoms with Crippen molar-refractivity contribution in [3.05, 3.63) is 269 Å². The Morgan fingerprint density at radius 2 is 0.851 bits per heavy atom. The Kier molecular flexibility index (Phi) is 8.19. The third kappa shape index (κ3) is 5.63. The Morgan fingerprint density at radius 1 is 0.343 bits per heavy atom. The molecule has 1 aromatic heterocycles. The third-order valence-electron chi connectivity index (χ3n) is 15.3. The van der Waals surface area contributed by atoms with Gasteiger partial charge < -0.3 is 9.32 Å². The van der Waals surface area contributed by atoms with Gasteiger partial charge in [0.1, 0.15) is 11.2 Å². The fraction of sp³-hybridized carbons (Fsp3) is 0.0769. The van der Waals surface area contributed by atoms with Crippen molar-refractivity contribution >= 4 is 39.0 Å². The molecule has 0 unspecified atom stereocenters. The molecule has 1 heterocycles. The van der Waals surface area contributed by atoms with Gasteiger partial charge in [0, 0.05) is 45.1 Å². The fourth-order valence-electron chi connectivity index (χ4n) is 12.2. The van der Waals surface area contributed by atoms with Crippen LogP contribution in [0.15, 0.2) is 229 Å². The maximum Gasteiger partial charge on any atom is 0.135 e. The van der Waals surface area contributed by atoms with Crippen molar-refractivity contribution < 1.29 is 4.42 Å². The van der Waals surface area contributed by atoms with Gasteiger partial charge in [0.2, 0.25) is 0 Å². The Labute approximate surface area is 391 Å². The van der Waals surface area contributed by atoms with Gasteiger partial charge in [0.25, 0.3) is 0 Å². The lowest BCUT2D eigenvalue weighted by atomic mass is 9.58. The maximum atomic E-state index is 6.34. The smallest absolute Gasteiger partial charge is 0.135 e. The first-order valence-corrected chi connectivity index (χ1v) is 23.6. The highest BCUT2D eigenvalue weighted by Gasteiger charge is 2.44. The second-order valence-electron chi connectivity index (χ2n) is 19.1. The van der Waals surface area contributed by atoms with Crippen LogP contribution in [-0.4, -0.2) is 0 Å². The molecule has 0 saturated heterocycles. The molecule has 0 spiro atoms. The lowest BCUT2D eigenvalue weighted by Gasteiger charge is -2.44. The Morgan fingerprint density at radius 3 is 1.57 bits per heavy atom. The second-order valence-corrected chi connectivity index (χ2v) is 19.1. The lowest BCUT2D eigenvalue weighted by Crippen LogP contribution is -2.28. The van der Waals surface area contributed by atoms with Gasteiger partial charge in [-0.15, -0.1) is 0 Å². The molecule has 0 atom stereocenters. The van der Waals surface area contributed by atoms with E-state index < -0.39 is 0 Å². The summed E-state index contributed by atoms with van der Waals surface area (Å²) in [6.45, 7) is 4.74. The zero-order valence-corrected chi connectivity index (χ0v) is 37.4. The minimum absolute atomic E-state index is 0.0895. The average molecular weight is 856 g/mol. The van der Waals surface area contributed by atoms with Crippen molar-refractivity contribution in [2.75, 3.05) is 4.90 Å². The zero-order chi connectivity index (χ0) is 44.4. The van der Waals surface area contributed by atoms with Crippen LogP contribution in [0.5, 0.6) is 0 Å². The largest absolute Gasteiger partial charge is 0.456 e. The van der Waals surface area contributed by atoms with E-state index in [9.17, 15) is 0 Å². The lowest BCUT2D eigenvalue weighted by molar-refractivity contribution is 0.660. The van der Waals surface area contributed by atoms with Crippen LogP contribution in [0.1, 0.15) is 70.2 Å². The number of para-hydroxylation sites is 1. The molecular weight excluding hydrogens is 811 g/mol. The highest BCUT2D eigenvalue weighted by molar-refractivity contribution is 6.06. The molecule has 0 saturated carbocycles. The number of hydrogen-bond donors (Lipinski definition) is 0. The molecule has 316 valence electrons. The van der Waals surface area contributed by atoms with E-state index in [1.807, 2.05) is 6.07 Å². The van der Waals surface area contributed by atoms with Crippen molar-refractivity contribution in [2.45, 2.75) is 31.1 Å². The van der Waals surface area contributed by atoms with Crippen LogP contribution in [0.3, 0.4) is 0 Å². The molecule has 67 heavy (non-hydrogen) atoms. The van der Waals surface area contributed by atoms with Gasteiger partial charge in [-0.25, -0.2) is 0 Å². The summed E-state index contributed by atoms with van der Waals surface area (Å²) in [7, 11) is 0. The predicted molar refractivity (Wildman–Crippen MR) is 277 cm³/mol. The average Bonchev–Trinajstić information content (AvgIpc) is 3.87. The summed E-state index contributed by atoms with van der Waals surface area (Å²) in [6, 6.07) is 83.4. The van der Waals surface area contributed by atoms with Crippen LogP contribution in [0, 0.1) is 0 Å². The summed E-state index contributed by atoms with van der Waals surface area (Å²) < 4.78 is 6.34. The maximum absolute atomic E-state index is 6.34. The molecule has 10 aromatic carbocycles. The molecule has 15 rings (SSSR count). The summed E-state index contributed by atoms with van der Waals surface area (Å²) in [5, 5.41) is 2.30. The Hall–Kier alpha value is -8.20. The Bertz CT molecular complexity index is 3750. The van der Waals surface area contributed by atoms with Crippen molar-refractivity contribution in [2.24, 2.45) is 0 Å². The third-order valence-corrected chi connectivity index (χ3v) is 15.3. The summed E-state index contributed by atoms with van der Waals surface area (Å²) in [5.74, 6) is 0.188. The van der Waals surface area contributed by atoms with Gasteiger partial charge in [-0.1, -0.05) is 184 Å². The highest BCUT2D eigenvalue weighted by atomic mass is 16.3. The first-order chi connectivity index (χ1) is 33.0. The number of rotatable bonds is 6. The molecule has 2 bridgehead atoms. The van der Waals surface area contributed by atoms with E-state index in [4.69, 9.17) is 4.42 Å². The predicted octanol–water partition coefficient (Wildman–Crippen LogP) is 17.4. The molecule has 0 radical (unpaired) electrons. The van der Waals surface area contributed by atoms with Crippen LogP contribution in [0.2, 0.25) is 0 Å². The quantitative estimate of drug-likeness (QED) is 0.166. The monoisotopic (exact) mass is 855 g/mol. The van der Waals surface area contributed by atoms with E-state index in [2.05, 4.69) is 237 Å². The molecule has 2 heteroatoms. The topological polar surface area (TPSA) is 16.4 Å². The first-order valence-electron chi connectivity index (χ1n) is 23.6. The van der Waals surface area contributed by atoms with E-state index in [1.165, 1.54) is 89.0 Å². The van der Waals surface area contributed by atoms with Gasteiger partial charge in [-0.05, 0) is 144 Å². The summed E-state index contributed by atoms with van der Waals surface area (Å²) in [5.41, 5.74) is 26.3. The number of fused-ring (bicyclic) bond motifs is 6. The molecule has 4 aliphatic rings. The Balaban J connectivity index is 0.972. The highest BCUT2D eigenvalue weighted by Crippen LogP contribution is 2.60. The van der Waals surface area contributed by atoms with E-state index in [0.717, 1.165) is 39.0 Å². The number of furan rings is 1. The van der Waals surface area contributed by atoms with Crippen LogP contribution >= 0.6 is 0 Å². The van der Waals surface area contributed by atoms with Crippen LogP contribution in [0.25, 0.3) is 66.4 Å². The molecule has 0 amide bonds. The summed E-state index contributed by atoms with van der Waals surface area (Å²) >= 11 is 0. The van der Waals surface area contributed by atoms with E-state index in [-0.39, 0.29) is 17.3 Å². The molecule has 0 aliphatic heterocycles. The SMILES string of the molecule is CC1(C)c2ccccc2-c2ccc(N(c3ccc(-c4ccccc4)cc3)c3cccc(-c4ccc(-c5ccc6oc7ccccc7c6c5)c5c4C4c6ccccc6C5c5ccccc54)c3)cc21. The standard InChI is InChI=1S/C65H45NO/c1-65(2)57-25-12-10-19-49(57)50-33-32-46(39-58(50)65)66(44-30-27-41(28-31-44)40-15-4-3-5-16-40)45-18-14-17-42(37-45)47-34-35-48(43-29-36-60-56(38-43)51-20-11-13-26-59(51)67-60)64-62-54-23-8-6-21-52(54)61(63(47)64)53-22-7-9-24-55(53)62/h3-39,61-62H,1-2H3. The fourth-order valence-corrected chi connectivity index (χ4v) is 12.2. The normalized spacial score (nSPS) is 15.7. The van der Waals surface area contributed by atoms with Crippen molar-refractivity contribution in [1.29, 1.82) is 0 Å². The van der Waals surface area contributed by atoms with Gasteiger partial charge >= 0.3 is 0 Å². The molecular formula is C65H45NO. The van der Waals surface area contributed by atoms with E-state index >= 15 is 0 Å². The minimum atomic E-state index is -0.130. The van der Waals surface area contributed by atoms with Crippen molar-refractivity contribution in [3.63, 3.8) is 0 Å². The number of hydrogen-bond acceptors (Lipinski definition) is 2. The summed E-state index contributed by atoms with van der Waals surface area (Å²) in [6.07, 6.45) is 0. The first kappa shape index (κ1) is 38.1. The number of nitrogens with zero attached hydrogens (tertiary/aromatic N) is 1. The van der Waals surface area contributed by atoms with E-state index in [0.29, 0.717) is 0 Å². The van der Waals surface area contributed by atoms with Gasteiger partial charge in [0.05, 0.1) is 0 Å². The molecule has 4 aliphatic carbocycles. The summed E-state index contributed by atoms with van der Waals surface area (Å²) in [4.78, 5) is 2.46. The van der Waals surface area contributed by atoms with Gasteiger partial charge in [-0.2, -0.15) is 0 Å². The molecule has 0 N–H and O–H groups in total.